The van der Waals surface area contributed by atoms with Crippen LogP contribution in [0.25, 0.3) is 10.9 Å². The van der Waals surface area contributed by atoms with Gasteiger partial charge in [0.2, 0.25) is 5.95 Å². The molecule has 0 radical (unpaired) electrons. The minimum absolute atomic E-state index is 0.217. The first-order chi connectivity index (χ1) is 9.22. The molecule has 0 spiro atoms. The highest BCUT2D eigenvalue weighted by atomic mass is 16.3. The fourth-order valence-electron chi connectivity index (χ4n) is 1.90. The topological polar surface area (TPSA) is 58.0 Å². The number of hydrogen-bond acceptors (Lipinski definition) is 4. The highest BCUT2D eigenvalue weighted by molar-refractivity contribution is 5.79. The van der Waals surface area contributed by atoms with Gasteiger partial charge in [-0.1, -0.05) is 24.3 Å². The van der Waals surface area contributed by atoms with Crippen LogP contribution in [0.4, 0.5) is 11.6 Å². The van der Waals surface area contributed by atoms with Crippen LogP contribution in [0.2, 0.25) is 0 Å². The molecule has 0 fully saturated rings. The summed E-state index contributed by atoms with van der Waals surface area (Å²) in [5.41, 5.74) is 2.71. The molecule has 0 atom stereocenters. The van der Waals surface area contributed by atoms with Gasteiger partial charge in [0.25, 0.3) is 0 Å². The zero-order chi connectivity index (χ0) is 13.2. The van der Waals surface area contributed by atoms with Crippen LogP contribution >= 0.6 is 0 Å². The maximum Gasteiger partial charge on any atom is 0.227 e. The molecule has 4 nitrogen and oxygen atoms in total. The van der Waals surface area contributed by atoms with Crippen molar-refractivity contribution in [1.82, 2.24) is 9.97 Å². The first-order valence-electron chi connectivity index (χ1n) is 6.01. The molecule has 1 heterocycles. The number of aromatic hydroxyl groups is 1. The summed E-state index contributed by atoms with van der Waals surface area (Å²) in [4.78, 5) is 8.71. The minimum Gasteiger partial charge on any atom is -0.508 e. The van der Waals surface area contributed by atoms with E-state index in [4.69, 9.17) is 0 Å². The SMILES string of the molecule is Cc1ccc(O)cc1Nc1ncc2ccccc2n1. The number of nitrogens with zero attached hydrogens (tertiary/aromatic N) is 2. The zero-order valence-corrected chi connectivity index (χ0v) is 10.5. The molecule has 0 unspecified atom stereocenters. The van der Waals surface area contributed by atoms with Crippen LogP contribution in [-0.2, 0) is 0 Å². The first-order valence-corrected chi connectivity index (χ1v) is 6.01. The highest BCUT2D eigenvalue weighted by Gasteiger charge is 2.03. The van der Waals surface area contributed by atoms with E-state index in [1.165, 1.54) is 0 Å². The van der Waals surface area contributed by atoms with Crippen molar-refractivity contribution in [3.05, 3.63) is 54.2 Å². The lowest BCUT2D eigenvalue weighted by molar-refractivity contribution is 0.475. The van der Waals surface area contributed by atoms with Gasteiger partial charge in [0.1, 0.15) is 5.75 Å². The van der Waals surface area contributed by atoms with Crippen molar-refractivity contribution >= 4 is 22.5 Å². The Labute approximate surface area is 110 Å². The summed E-state index contributed by atoms with van der Waals surface area (Å²) in [5, 5.41) is 13.6. The second-order valence-electron chi connectivity index (χ2n) is 4.38. The largest absolute Gasteiger partial charge is 0.508 e. The second kappa shape index (κ2) is 4.57. The van der Waals surface area contributed by atoms with Crippen LogP contribution in [0.1, 0.15) is 5.56 Å². The van der Waals surface area contributed by atoms with Gasteiger partial charge < -0.3 is 10.4 Å². The van der Waals surface area contributed by atoms with Crippen LogP contribution < -0.4 is 5.32 Å². The quantitative estimate of drug-likeness (QED) is 0.733. The number of aryl methyl sites for hydroxylation is 1. The fraction of sp³-hybridized carbons (Fsp3) is 0.0667. The van der Waals surface area contributed by atoms with Crippen molar-refractivity contribution in [3.63, 3.8) is 0 Å². The van der Waals surface area contributed by atoms with Gasteiger partial charge in [-0.3, -0.25) is 0 Å². The summed E-state index contributed by atoms with van der Waals surface area (Å²) in [6, 6.07) is 13.0. The molecule has 3 aromatic rings. The van der Waals surface area contributed by atoms with Crippen molar-refractivity contribution in [2.24, 2.45) is 0 Å². The second-order valence-corrected chi connectivity index (χ2v) is 4.38. The lowest BCUT2D eigenvalue weighted by Crippen LogP contribution is -1.98. The number of phenolic OH excluding ortho intramolecular Hbond substituents is 1. The Morgan fingerprint density at radius 2 is 1.95 bits per heavy atom. The number of phenols is 1. The number of aromatic nitrogens is 2. The average Bonchev–Trinajstić information content (AvgIpc) is 2.43. The Bertz CT molecular complexity index is 740. The molecule has 0 aliphatic heterocycles. The Kier molecular flexibility index (Phi) is 2.76. The van der Waals surface area contributed by atoms with Crippen molar-refractivity contribution in [3.8, 4) is 5.75 Å². The van der Waals surface area contributed by atoms with Crippen molar-refractivity contribution in [2.75, 3.05) is 5.32 Å². The van der Waals surface area contributed by atoms with Gasteiger partial charge in [-0.15, -0.1) is 0 Å². The van der Waals surface area contributed by atoms with E-state index in [-0.39, 0.29) is 5.75 Å². The number of anilines is 2. The Balaban J connectivity index is 1.98. The molecular formula is C15H13N3O. The molecule has 19 heavy (non-hydrogen) atoms. The van der Waals surface area contributed by atoms with E-state index >= 15 is 0 Å². The summed E-state index contributed by atoms with van der Waals surface area (Å²) in [6.07, 6.45) is 1.78. The van der Waals surface area contributed by atoms with E-state index in [1.54, 1.807) is 18.3 Å². The highest BCUT2D eigenvalue weighted by Crippen LogP contribution is 2.23. The molecule has 94 valence electrons. The third kappa shape index (κ3) is 2.33. The number of hydrogen-bond donors (Lipinski definition) is 2. The number of para-hydroxylation sites is 1. The van der Waals surface area contributed by atoms with E-state index in [0.29, 0.717) is 5.95 Å². The molecular weight excluding hydrogens is 238 g/mol. The van der Waals surface area contributed by atoms with Crippen molar-refractivity contribution in [2.45, 2.75) is 6.92 Å². The van der Waals surface area contributed by atoms with Crippen LogP contribution in [-0.4, -0.2) is 15.1 Å². The molecule has 0 amide bonds. The molecule has 4 heteroatoms. The number of rotatable bonds is 2. The standard InChI is InChI=1S/C15H13N3O/c1-10-6-7-12(19)8-14(10)18-15-16-9-11-4-2-3-5-13(11)17-15/h2-9,19H,1H3,(H,16,17,18). The molecule has 3 rings (SSSR count). The Morgan fingerprint density at radius 1 is 1.11 bits per heavy atom. The number of fused-ring (bicyclic) bond motifs is 1. The van der Waals surface area contributed by atoms with Crippen molar-refractivity contribution in [1.29, 1.82) is 0 Å². The van der Waals surface area contributed by atoms with Gasteiger partial charge in [0.05, 0.1) is 5.52 Å². The normalized spacial score (nSPS) is 10.6. The zero-order valence-electron chi connectivity index (χ0n) is 10.5. The van der Waals surface area contributed by atoms with E-state index in [9.17, 15) is 5.11 Å². The van der Waals surface area contributed by atoms with Gasteiger partial charge in [0.15, 0.2) is 0 Å². The van der Waals surface area contributed by atoms with E-state index in [2.05, 4.69) is 15.3 Å². The smallest absolute Gasteiger partial charge is 0.227 e. The van der Waals surface area contributed by atoms with Crippen LogP contribution in [0.5, 0.6) is 5.75 Å². The molecule has 1 aromatic heterocycles. The predicted molar refractivity (Wildman–Crippen MR) is 75.7 cm³/mol. The first kappa shape index (κ1) is 11.5. The summed E-state index contributed by atoms with van der Waals surface area (Å²) in [6.45, 7) is 1.96. The third-order valence-corrected chi connectivity index (χ3v) is 2.96. The molecule has 2 aromatic carbocycles. The van der Waals surface area contributed by atoms with Gasteiger partial charge in [-0.05, 0) is 24.6 Å². The third-order valence-electron chi connectivity index (χ3n) is 2.96. The maximum atomic E-state index is 9.51. The van der Waals surface area contributed by atoms with Crippen LogP contribution in [0.15, 0.2) is 48.7 Å². The molecule has 0 bridgehead atoms. The Morgan fingerprint density at radius 3 is 2.84 bits per heavy atom. The van der Waals surface area contributed by atoms with Crippen LogP contribution in [0, 0.1) is 6.92 Å². The molecule has 0 saturated carbocycles. The molecule has 0 saturated heterocycles. The van der Waals surface area contributed by atoms with Crippen molar-refractivity contribution < 1.29 is 5.11 Å². The summed E-state index contributed by atoms with van der Waals surface area (Å²) in [7, 11) is 0. The number of benzene rings is 2. The summed E-state index contributed by atoms with van der Waals surface area (Å²) in [5.74, 6) is 0.737. The maximum absolute atomic E-state index is 9.51. The molecule has 0 aliphatic rings. The van der Waals surface area contributed by atoms with E-state index in [0.717, 1.165) is 22.2 Å². The van der Waals surface area contributed by atoms with Gasteiger partial charge in [-0.25, -0.2) is 9.97 Å². The summed E-state index contributed by atoms with van der Waals surface area (Å²) < 4.78 is 0. The monoisotopic (exact) mass is 251 g/mol. The predicted octanol–water partition coefficient (Wildman–Crippen LogP) is 3.39. The molecule has 0 aliphatic carbocycles. The van der Waals surface area contributed by atoms with E-state index < -0.39 is 0 Å². The lowest BCUT2D eigenvalue weighted by atomic mass is 10.2. The van der Waals surface area contributed by atoms with Gasteiger partial charge >= 0.3 is 0 Å². The minimum atomic E-state index is 0.217. The average molecular weight is 251 g/mol. The van der Waals surface area contributed by atoms with E-state index in [1.807, 2.05) is 37.3 Å². The Hall–Kier alpha value is -2.62. The molecule has 2 N–H and O–H groups in total. The lowest BCUT2D eigenvalue weighted by Gasteiger charge is -2.08. The summed E-state index contributed by atoms with van der Waals surface area (Å²) >= 11 is 0. The fourth-order valence-corrected chi connectivity index (χ4v) is 1.90. The van der Waals surface area contributed by atoms with Gasteiger partial charge in [-0.2, -0.15) is 0 Å². The van der Waals surface area contributed by atoms with Crippen LogP contribution in [0.3, 0.4) is 0 Å². The number of nitrogens with one attached hydrogen (secondary N) is 1. The van der Waals surface area contributed by atoms with Gasteiger partial charge in [0, 0.05) is 23.3 Å².